The van der Waals surface area contributed by atoms with Crippen LogP contribution in [0.25, 0.3) is 21.8 Å². The van der Waals surface area contributed by atoms with Crippen molar-refractivity contribution in [2.45, 2.75) is 38.5 Å². The molecule has 31 heavy (non-hydrogen) atoms. The molecule has 3 aromatic carbocycles. The van der Waals surface area contributed by atoms with Crippen LogP contribution in [0, 0.1) is 5.92 Å². The number of hydrogen-bond acceptors (Lipinski definition) is 2. The number of para-hydroxylation sites is 1. The maximum Gasteiger partial charge on any atom is 0.0902 e. The average molecular weight is 451 g/mol. The summed E-state index contributed by atoms with van der Waals surface area (Å²) in [6.07, 6.45) is 2.25. The summed E-state index contributed by atoms with van der Waals surface area (Å²) in [6, 6.07) is 19.3. The molecule has 4 aromatic rings. The minimum atomic E-state index is 0.0595. The topological polar surface area (TPSA) is 26.2 Å². The lowest BCUT2D eigenvalue weighted by molar-refractivity contribution is -0.0372. The smallest absolute Gasteiger partial charge is 0.0902 e. The van der Waals surface area contributed by atoms with Gasteiger partial charge in [-0.15, -0.1) is 0 Å². The normalized spacial score (nSPS) is 22.9. The van der Waals surface area contributed by atoms with Crippen molar-refractivity contribution in [3.63, 3.8) is 0 Å². The zero-order chi connectivity index (χ0) is 21.1. The number of rotatable bonds is 2. The Labute approximate surface area is 191 Å². The Kier molecular flexibility index (Phi) is 4.68. The molecule has 0 unspecified atom stereocenters. The van der Waals surface area contributed by atoms with Gasteiger partial charge >= 0.3 is 0 Å². The van der Waals surface area contributed by atoms with Crippen LogP contribution in [0.3, 0.4) is 0 Å². The van der Waals surface area contributed by atoms with E-state index in [2.05, 4.69) is 59.3 Å². The second-order valence-electron chi connectivity index (χ2n) is 8.58. The highest BCUT2D eigenvalue weighted by Gasteiger charge is 2.41. The van der Waals surface area contributed by atoms with E-state index in [0.29, 0.717) is 16.0 Å². The molecule has 158 valence electrons. The number of aromatic nitrogens is 1. The number of hydrogen-bond donors (Lipinski definition) is 1. The molecule has 2 aliphatic rings. The van der Waals surface area contributed by atoms with Gasteiger partial charge in [0.25, 0.3) is 0 Å². The predicted molar refractivity (Wildman–Crippen MR) is 129 cm³/mol. The number of anilines is 1. The van der Waals surface area contributed by atoms with E-state index in [0.717, 1.165) is 37.2 Å². The molecular formula is C26H24Cl2N2O. The van der Waals surface area contributed by atoms with Crippen LogP contribution in [0.15, 0.2) is 54.6 Å². The Bertz CT molecular complexity index is 1310. The summed E-state index contributed by atoms with van der Waals surface area (Å²) in [5, 5.41) is 7.67. The van der Waals surface area contributed by atoms with Gasteiger partial charge in [0, 0.05) is 52.1 Å². The van der Waals surface area contributed by atoms with Crippen LogP contribution >= 0.6 is 23.2 Å². The van der Waals surface area contributed by atoms with Gasteiger partial charge in [-0.25, -0.2) is 0 Å². The van der Waals surface area contributed by atoms with E-state index in [1.165, 1.54) is 27.4 Å². The molecule has 0 aliphatic carbocycles. The number of halogens is 2. The molecule has 0 bridgehead atoms. The maximum absolute atomic E-state index is 6.51. The number of aryl methyl sites for hydroxylation is 1. The van der Waals surface area contributed by atoms with E-state index in [1.807, 2.05) is 12.1 Å². The van der Waals surface area contributed by atoms with Crippen molar-refractivity contribution in [2.75, 3.05) is 11.9 Å². The quantitative estimate of drug-likeness (QED) is 0.337. The van der Waals surface area contributed by atoms with Crippen LogP contribution < -0.4 is 5.32 Å². The predicted octanol–water partition coefficient (Wildman–Crippen LogP) is 7.76. The van der Waals surface area contributed by atoms with Crippen molar-refractivity contribution < 1.29 is 4.74 Å². The van der Waals surface area contributed by atoms with Crippen molar-refractivity contribution in [2.24, 2.45) is 5.92 Å². The molecule has 1 fully saturated rings. The molecule has 3 nitrogen and oxygen atoms in total. The standard InChI is InChI=1S/C26H24Cl2N2O/c1-2-30-21-8-4-3-6-16(21)23-22(30)12-11-20-24(23)26-17(7-5-13-31-26)25(29-20)15-9-10-18(27)19(28)14-15/h3-4,6,8-12,14,17,25-26,29H,2,5,7,13H2,1H3/t17-,25-,26-/m0/s1. The van der Waals surface area contributed by atoms with E-state index >= 15 is 0 Å². The van der Waals surface area contributed by atoms with Gasteiger partial charge < -0.3 is 14.6 Å². The van der Waals surface area contributed by atoms with E-state index in [9.17, 15) is 0 Å². The zero-order valence-corrected chi connectivity index (χ0v) is 18.9. The third kappa shape index (κ3) is 2.91. The number of ether oxygens (including phenoxy) is 1. The van der Waals surface area contributed by atoms with E-state index < -0.39 is 0 Å². The molecule has 3 heterocycles. The Hall–Kier alpha value is -2.20. The van der Waals surface area contributed by atoms with Crippen LogP contribution in [0.2, 0.25) is 10.0 Å². The highest BCUT2D eigenvalue weighted by atomic mass is 35.5. The lowest BCUT2D eigenvalue weighted by atomic mass is 9.76. The molecule has 6 rings (SSSR count). The average Bonchev–Trinajstić information content (AvgIpc) is 3.14. The Morgan fingerprint density at radius 3 is 2.74 bits per heavy atom. The van der Waals surface area contributed by atoms with Gasteiger partial charge in [-0.1, -0.05) is 47.5 Å². The van der Waals surface area contributed by atoms with Gasteiger partial charge in [0.15, 0.2) is 0 Å². The van der Waals surface area contributed by atoms with E-state index in [-0.39, 0.29) is 12.1 Å². The Balaban J connectivity index is 1.59. The molecule has 0 saturated carbocycles. The molecule has 1 aromatic heterocycles. The van der Waals surface area contributed by atoms with Crippen molar-refractivity contribution in [3.8, 4) is 0 Å². The van der Waals surface area contributed by atoms with Crippen molar-refractivity contribution in [3.05, 3.63) is 75.8 Å². The molecule has 3 atom stereocenters. The minimum Gasteiger partial charge on any atom is -0.378 e. The number of nitrogens with zero attached hydrogens (tertiary/aromatic N) is 1. The van der Waals surface area contributed by atoms with Crippen LogP contribution in [-0.2, 0) is 11.3 Å². The summed E-state index contributed by atoms with van der Waals surface area (Å²) in [6.45, 7) is 3.96. The third-order valence-electron chi connectivity index (χ3n) is 6.99. The monoisotopic (exact) mass is 450 g/mol. The molecule has 0 amide bonds. The Morgan fingerprint density at radius 2 is 1.90 bits per heavy atom. The molecular weight excluding hydrogens is 427 g/mol. The maximum atomic E-state index is 6.51. The van der Waals surface area contributed by atoms with Crippen molar-refractivity contribution in [1.29, 1.82) is 0 Å². The second kappa shape index (κ2) is 7.44. The number of fused-ring (bicyclic) bond motifs is 7. The second-order valence-corrected chi connectivity index (χ2v) is 9.39. The van der Waals surface area contributed by atoms with Gasteiger partial charge in [0.2, 0.25) is 0 Å². The summed E-state index contributed by atoms with van der Waals surface area (Å²) >= 11 is 12.6. The van der Waals surface area contributed by atoms with E-state index in [1.54, 1.807) is 0 Å². The summed E-state index contributed by atoms with van der Waals surface area (Å²) < 4.78 is 8.92. The van der Waals surface area contributed by atoms with Crippen molar-refractivity contribution in [1.82, 2.24) is 4.57 Å². The summed E-state index contributed by atoms with van der Waals surface area (Å²) in [5.41, 5.74) is 6.20. The van der Waals surface area contributed by atoms with Gasteiger partial charge in [-0.05, 0) is 55.7 Å². The first kappa shape index (κ1) is 19.5. The summed E-state index contributed by atoms with van der Waals surface area (Å²) in [4.78, 5) is 0. The van der Waals surface area contributed by atoms with Crippen LogP contribution in [0.1, 0.15) is 43.0 Å². The minimum absolute atomic E-state index is 0.0595. The molecule has 1 N–H and O–H groups in total. The lowest BCUT2D eigenvalue weighted by Gasteiger charge is -2.43. The van der Waals surface area contributed by atoms with Crippen LogP contribution in [0.5, 0.6) is 0 Å². The first-order valence-corrected chi connectivity index (χ1v) is 11.8. The molecule has 5 heteroatoms. The Morgan fingerprint density at radius 1 is 1.03 bits per heavy atom. The third-order valence-corrected chi connectivity index (χ3v) is 7.73. The molecule has 0 radical (unpaired) electrons. The number of nitrogens with one attached hydrogen (secondary N) is 1. The zero-order valence-electron chi connectivity index (χ0n) is 17.4. The van der Waals surface area contributed by atoms with Gasteiger partial charge in [0.1, 0.15) is 0 Å². The lowest BCUT2D eigenvalue weighted by Crippen LogP contribution is -2.36. The summed E-state index contributed by atoms with van der Waals surface area (Å²) in [7, 11) is 0. The SMILES string of the molecule is CCn1c2ccccc2c2c3c(ccc21)N[C@@H](c1ccc(Cl)c(Cl)c1)[C@@H]1CCCO[C@H]31. The molecule has 2 aliphatic heterocycles. The van der Waals surface area contributed by atoms with E-state index in [4.69, 9.17) is 27.9 Å². The highest BCUT2D eigenvalue weighted by molar-refractivity contribution is 6.42. The fourth-order valence-corrected chi connectivity index (χ4v) is 5.99. The fraction of sp³-hybridized carbons (Fsp3) is 0.308. The van der Waals surface area contributed by atoms with Crippen LogP contribution in [0.4, 0.5) is 5.69 Å². The molecule has 0 spiro atoms. The summed E-state index contributed by atoms with van der Waals surface area (Å²) in [5.74, 6) is 0.341. The highest BCUT2D eigenvalue weighted by Crippen LogP contribution is 2.52. The largest absolute Gasteiger partial charge is 0.378 e. The first-order chi connectivity index (χ1) is 15.2. The fourth-order valence-electron chi connectivity index (χ4n) is 5.68. The van der Waals surface area contributed by atoms with Crippen molar-refractivity contribution >= 4 is 50.7 Å². The van der Waals surface area contributed by atoms with Gasteiger partial charge in [-0.2, -0.15) is 0 Å². The van der Waals surface area contributed by atoms with Gasteiger partial charge in [0.05, 0.1) is 22.2 Å². The molecule has 1 saturated heterocycles. The first-order valence-electron chi connectivity index (χ1n) is 11.0. The van der Waals surface area contributed by atoms with Gasteiger partial charge in [-0.3, -0.25) is 0 Å². The number of benzene rings is 3. The van der Waals surface area contributed by atoms with Crippen LogP contribution in [-0.4, -0.2) is 11.2 Å².